The molecule has 0 atom stereocenters. The van der Waals surface area contributed by atoms with Gasteiger partial charge in [-0.1, -0.05) is 13.8 Å². The standard InChI is InChI=1S/C11H18N2O/c1-10(2)13-7-4-8-14-11-5-3-6-12-9-11/h3,5-6,9-10,13H,4,7-8H2,1-2H3. The number of ether oxygens (including phenoxy) is 1. The van der Waals surface area contributed by atoms with E-state index in [2.05, 4.69) is 24.1 Å². The van der Waals surface area contributed by atoms with E-state index in [1.54, 1.807) is 12.4 Å². The minimum absolute atomic E-state index is 0.549. The van der Waals surface area contributed by atoms with Crippen molar-refractivity contribution < 1.29 is 4.74 Å². The van der Waals surface area contributed by atoms with E-state index in [0.717, 1.165) is 25.3 Å². The van der Waals surface area contributed by atoms with Crippen molar-refractivity contribution >= 4 is 0 Å². The van der Waals surface area contributed by atoms with Crippen LogP contribution in [0.4, 0.5) is 0 Å². The Hall–Kier alpha value is -1.09. The lowest BCUT2D eigenvalue weighted by Crippen LogP contribution is -2.24. The third-order valence-corrected chi connectivity index (χ3v) is 1.78. The number of hydrogen-bond acceptors (Lipinski definition) is 3. The number of rotatable bonds is 6. The fourth-order valence-electron chi connectivity index (χ4n) is 1.09. The molecule has 0 bridgehead atoms. The molecule has 0 spiro atoms. The molecule has 3 nitrogen and oxygen atoms in total. The van der Waals surface area contributed by atoms with Gasteiger partial charge >= 0.3 is 0 Å². The van der Waals surface area contributed by atoms with Crippen LogP contribution in [0, 0.1) is 0 Å². The zero-order valence-corrected chi connectivity index (χ0v) is 8.86. The number of nitrogens with zero attached hydrogens (tertiary/aromatic N) is 1. The summed E-state index contributed by atoms with van der Waals surface area (Å²) in [7, 11) is 0. The maximum absolute atomic E-state index is 5.49. The van der Waals surface area contributed by atoms with E-state index in [1.807, 2.05) is 12.1 Å². The summed E-state index contributed by atoms with van der Waals surface area (Å²) in [6.07, 6.45) is 4.50. The molecule has 0 aliphatic heterocycles. The first-order chi connectivity index (χ1) is 6.79. The van der Waals surface area contributed by atoms with E-state index >= 15 is 0 Å². The van der Waals surface area contributed by atoms with Crippen LogP contribution in [0.1, 0.15) is 20.3 Å². The minimum Gasteiger partial charge on any atom is -0.492 e. The van der Waals surface area contributed by atoms with Crippen molar-refractivity contribution in [2.24, 2.45) is 0 Å². The maximum Gasteiger partial charge on any atom is 0.137 e. The fourth-order valence-corrected chi connectivity index (χ4v) is 1.09. The summed E-state index contributed by atoms with van der Waals surface area (Å²) >= 11 is 0. The first kappa shape index (κ1) is 11.0. The van der Waals surface area contributed by atoms with Gasteiger partial charge in [-0.3, -0.25) is 4.98 Å². The highest BCUT2D eigenvalue weighted by Crippen LogP contribution is 2.05. The van der Waals surface area contributed by atoms with Crippen LogP contribution in [-0.4, -0.2) is 24.2 Å². The maximum atomic E-state index is 5.49. The molecular weight excluding hydrogens is 176 g/mol. The van der Waals surface area contributed by atoms with Gasteiger partial charge in [-0.05, 0) is 25.1 Å². The Bertz CT molecular complexity index is 236. The van der Waals surface area contributed by atoms with E-state index in [4.69, 9.17) is 4.74 Å². The molecule has 0 aliphatic rings. The predicted octanol–water partition coefficient (Wildman–Crippen LogP) is 1.85. The van der Waals surface area contributed by atoms with Gasteiger partial charge in [0.1, 0.15) is 5.75 Å². The van der Waals surface area contributed by atoms with Gasteiger partial charge in [0, 0.05) is 12.2 Å². The topological polar surface area (TPSA) is 34.1 Å². The Morgan fingerprint density at radius 3 is 3.00 bits per heavy atom. The lowest BCUT2D eigenvalue weighted by atomic mass is 10.3. The molecule has 78 valence electrons. The Morgan fingerprint density at radius 1 is 1.50 bits per heavy atom. The summed E-state index contributed by atoms with van der Waals surface area (Å²) in [5.74, 6) is 0.844. The van der Waals surface area contributed by atoms with Crippen molar-refractivity contribution in [3.63, 3.8) is 0 Å². The summed E-state index contributed by atoms with van der Waals surface area (Å²) < 4.78 is 5.49. The average molecular weight is 194 g/mol. The van der Waals surface area contributed by atoms with E-state index < -0.39 is 0 Å². The van der Waals surface area contributed by atoms with Crippen LogP contribution in [0.15, 0.2) is 24.5 Å². The van der Waals surface area contributed by atoms with E-state index in [0.29, 0.717) is 6.04 Å². The Kier molecular flexibility index (Phi) is 5.00. The minimum atomic E-state index is 0.549. The number of pyridine rings is 1. The smallest absolute Gasteiger partial charge is 0.137 e. The summed E-state index contributed by atoms with van der Waals surface area (Å²) in [6, 6.07) is 4.35. The lowest BCUT2D eigenvalue weighted by Gasteiger charge is -2.08. The van der Waals surface area contributed by atoms with Crippen LogP contribution < -0.4 is 10.1 Å². The molecule has 1 aromatic heterocycles. The van der Waals surface area contributed by atoms with Gasteiger partial charge in [-0.25, -0.2) is 0 Å². The van der Waals surface area contributed by atoms with Gasteiger partial charge in [0.2, 0.25) is 0 Å². The fraction of sp³-hybridized carbons (Fsp3) is 0.545. The Labute approximate surface area is 85.5 Å². The average Bonchev–Trinajstić information content (AvgIpc) is 2.18. The van der Waals surface area contributed by atoms with Crippen molar-refractivity contribution in [2.45, 2.75) is 26.3 Å². The van der Waals surface area contributed by atoms with Gasteiger partial charge in [0.15, 0.2) is 0 Å². The monoisotopic (exact) mass is 194 g/mol. The van der Waals surface area contributed by atoms with Crippen LogP contribution in [0.3, 0.4) is 0 Å². The second-order valence-electron chi connectivity index (χ2n) is 3.50. The molecule has 1 heterocycles. The summed E-state index contributed by atoms with van der Waals surface area (Å²) in [5, 5.41) is 3.34. The first-order valence-electron chi connectivity index (χ1n) is 5.05. The zero-order chi connectivity index (χ0) is 10.2. The Morgan fingerprint density at radius 2 is 2.36 bits per heavy atom. The van der Waals surface area contributed by atoms with Crippen LogP contribution in [0.2, 0.25) is 0 Å². The highest BCUT2D eigenvalue weighted by molar-refractivity contribution is 5.15. The second-order valence-corrected chi connectivity index (χ2v) is 3.50. The predicted molar refractivity (Wildman–Crippen MR) is 57.5 cm³/mol. The third kappa shape index (κ3) is 4.82. The highest BCUT2D eigenvalue weighted by Gasteiger charge is 1.93. The normalized spacial score (nSPS) is 10.5. The summed E-state index contributed by atoms with van der Waals surface area (Å²) in [5.41, 5.74) is 0. The van der Waals surface area contributed by atoms with E-state index in [9.17, 15) is 0 Å². The van der Waals surface area contributed by atoms with Crippen molar-refractivity contribution in [2.75, 3.05) is 13.2 Å². The second kappa shape index (κ2) is 6.38. The summed E-state index contributed by atoms with van der Waals surface area (Å²) in [6.45, 7) is 6.02. The first-order valence-corrected chi connectivity index (χ1v) is 5.05. The van der Waals surface area contributed by atoms with Crippen LogP contribution in [0.25, 0.3) is 0 Å². The van der Waals surface area contributed by atoms with Gasteiger partial charge in [0.25, 0.3) is 0 Å². The molecular formula is C11H18N2O. The van der Waals surface area contributed by atoms with Crippen molar-refractivity contribution in [1.82, 2.24) is 10.3 Å². The number of nitrogens with one attached hydrogen (secondary N) is 1. The molecule has 1 rings (SSSR count). The molecule has 3 heteroatoms. The Balaban J connectivity index is 2.05. The van der Waals surface area contributed by atoms with E-state index in [1.165, 1.54) is 0 Å². The SMILES string of the molecule is CC(C)NCCCOc1cccnc1. The lowest BCUT2D eigenvalue weighted by molar-refractivity contribution is 0.305. The van der Waals surface area contributed by atoms with Crippen LogP contribution in [0.5, 0.6) is 5.75 Å². The molecule has 0 radical (unpaired) electrons. The third-order valence-electron chi connectivity index (χ3n) is 1.78. The van der Waals surface area contributed by atoms with Gasteiger partial charge in [-0.15, -0.1) is 0 Å². The zero-order valence-electron chi connectivity index (χ0n) is 8.86. The van der Waals surface area contributed by atoms with E-state index in [-0.39, 0.29) is 0 Å². The molecule has 0 saturated heterocycles. The number of hydrogen-bond donors (Lipinski definition) is 1. The molecule has 0 fully saturated rings. The van der Waals surface area contributed by atoms with Gasteiger partial charge in [0.05, 0.1) is 12.8 Å². The molecule has 0 amide bonds. The van der Waals surface area contributed by atoms with Crippen LogP contribution in [-0.2, 0) is 0 Å². The quantitative estimate of drug-likeness (QED) is 0.702. The van der Waals surface area contributed by atoms with Crippen molar-refractivity contribution in [3.05, 3.63) is 24.5 Å². The molecule has 0 aromatic carbocycles. The van der Waals surface area contributed by atoms with Crippen molar-refractivity contribution in [3.8, 4) is 5.75 Å². The molecule has 0 saturated carbocycles. The molecule has 0 aliphatic carbocycles. The molecule has 1 aromatic rings. The summed E-state index contributed by atoms with van der Waals surface area (Å²) in [4.78, 5) is 3.97. The molecule has 0 unspecified atom stereocenters. The molecule has 1 N–H and O–H groups in total. The highest BCUT2D eigenvalue weighted by atomic mass is 16.5. The largest absolute Gasteiger partial charge is 0.492 e. The number of aromatic nitrogens is 1. The van der Waals surface area contributed by atoms with Crippen LogP contribution >= 0.6 is 0 Å². The van der Waals surface area contributed by atoms with Gasteiger partial charge < -0.3 is 10.1 Å². The van der Waals surface area contributed by atoms with Crippen molar-refractivity contribution in [1.29, 1.82) is 0 Å². The van der Waals surface area contributed by atoms with Gasteiger partial charge in [-0.2, -0.15) is 0 Å². The molecule has 14 heavy (non-hydrogen) atoms.